The second kappa shape index (κ2) is 9.65. The number of hydrogen-bond acceptors (Lipinski definition) is 7. The van der Waals surface area contributed by atoms with Gasteiger partial charge < -0.3 is 14.6 Å². The standard InChI is InChI=1S/C33H38O7/c1-30(2,3)29(38)39-19-26(36)33(40-28(37)20-9-7-6-8-10-20)16-14-24-23-12-11-21-17-22(34)13-15-31(21,4)27(23)25(35)18-32(24,33)5/h6-10,13,15,17,24-25,35H,11-12,14,16,18-19H2,1-5H3/t24-,25-,31-,32-,33-/m0/s1. The van der Waals surface area contributed by atoms with Crippen LogP contribution in [0.25, 0.3) is 0 Å². The highest BCUT2D eigenvalue weighted by Gasteiger charge is 2.68. The van der Waals surface area contributed by atoms with Gasteiger partial charge in [0.15, 0.2) is 18.0 Å². The number of aliphatic hydroxyl groups is 1. The van der Waals surface area contributed by atoms with Crippen molar-refractivity contribution in [2.45, 2.75) is 78.4 Å². The monoisotopic (exact) mass is 546 g/mol. The number of benzene rings is 1. The number of allylic oxidation sites excluding steroid dienone is 5. The first-order chi connectivity index (χ1) is 18.7. The predicted molar refractivity (Wildman–Crippen MR) is 148 cm³/mol. The van der Waals surface area contributed by atoms with Gasteiger partial charge in [-0.05, 0) is 95.6 Å². The molecule has 212 valence electrons. The van der Waals surface area contributed by atoms with Gasteiger partial charge in [0, 0.05) is 10.8 Å². The van der Waals surface area contributed by atoms with Crippen molar-refractivity contribution in [3.8, 4) is 0 Å². The molecule has 0 aliphatic heterocycles. The van der Waals surface area contributed by atoms with Crippen LogP contribution in [0.15, 0.2) is 65.3 Å². The van der Waals surface area contributed by atoms with Gasteiger partial charge in [-0.2, -0.15) is 0 Å². The van der Waals surface area contributed by atoms with E-state index in [4.69, 9.17) is 9.47 Å². The van der Waals surface area contributed by atoms with E-state index in [0.717, 1.165) is 16.7 Å². The van der Waals surface area contributed by atoms with Crippen molar-refractivity contribution in [3.63, 3.8) is 0 Å². The topological polar surface area (TPSA) is 107 Å². The average Bonchev–Trinajstić information content (AvgIpc) is 3.19. The van der Waals surface area contributed by atoms with E-state index >= 15 is 0 Å². The van der Waals surface area contributed by atoms with Crippen LogP contribution in [0, 0.1) is 22.2 Å². The Bertz CT molecular complexity index is 1360. The molecule has 1 aromatic carbocycles. The van der Waals surface area contributed by atoms with Crippen LogP contribution in [0.3, 0.4) is 0 Å². The highest BCUT2D eigenvalue weighted by molar-refractivity contribution is 6.01. The van der Waals surface area contributed by atoms with Crippen LogP contribution in [0.5, 0.6) is 0 Å². The molecule has 7 nitrogen and oxygen atoms in total. The third kappa shape index (κ3) is 4.30. The lowest BCUT2D eigenvalue weighted by Gasteiger charge is -2.53. The summed E-state index contributed by atoms with van der Waals surface area (Å²) >= 11 is 0. The Hall–Kier alpha value is -3.32. The number of ketones is 2. The third-order valence-electron chi connectivity index (χ3n) is 9.66. The summed E-state index contributed by atoms with van der Waals surface area (Å²) in [4.78, 5) is 52.2. The van der Waals surface area contributed by atoms with Crippen molar-refractivity contribution in [2.24, 2.45) is 22.2 Å². The Morgan fingerprint density at radius 3 is 2.45 bits per heavy atom. The molecule has 0 spiro atoms. The van der Waals surface area contributed by atoms with Crippen LogP contribution in [0.1, 0.15) is 77.1 Å². The molecule has 0 unspecified atom stereocenters. The lowest BCUT2D eigenvalue weighted by molar-refractivity contribution is -0.168. The van der Waals surface area contributed by atoms with Gasteiger partial charge in [0.25, 0.3) is 0 Å². The number of esters is 2. The predicted octanol–water partition coefficient (Wildman–Crippen LogP) is 5.08. The molecule has 0 aromatic heterocycles. The normalized spacial score (nSPS) is 33.0. The first-order valence-corrected chi connectivity index (χ1v) is 14.1. The van der Waals surface area contributed by atoms with E-state index in [-0.39, 0.29) is 24.5 Å². The van der Waals surface area contributed by atoms with Crippen LogP contribution in [-0.4, -0.2) is 46.9 Å². The minimum absolute atomic E-state index is 0.0465. The Balaban J connectivity index is 1.56. The fourth-order valence-electron chi connectivity index (χ4n) is 7.52. The van der Waals surface area contributed by atoms with Crippen molar-refractivity contribution in [1.29, 1.82) is 0 Å². The molecule has 40 heavy (non-hydrogen) atoms. The lowest BCUT2D eigenvalue weighted by Crippen LogP contribution is -2.59. The van der Waals surface area contributed by atoms with Crippen molar-refractivity contribution in [2.75, 3.05) is 6.61 Å². The van der Waals surface area contributed by atoms with E-state index in [1.54, 1.807) is 63.3 Å². The summed E-state index contributed by atoms with van der Waals surface area (Å²) in [6.45, 7) is 8.58. The van der Waals surface area contributed by atoms with Gasteiger partial charge in [0.1, 0.15) is 0 Å². The first-order valence-electron chi connectivity index (χ1n) is 14.1. The van der Waals surface area contributed by atoms with Crippen molar-refractivity contribution < 1.29 is 33.8 Å². The molecule has 5 rings (SSSR count). The number of hydrogen-bond donors (Lipinski definition) is 1. The van der Waals surface area contributed by atoms with Gasteiger partial charge in [0.05, 0.1) is 17.1 Å². The lowest BCUT2D eigenvalue weighted by atomic mass is 9.52. The molecular formula is C33H38O7. The maximum absolute atomic E-state index is 14.1. The summed E-state index contributed by atoms with van der Waals surface area (Å²) < 4.78 is 11.7. The number of rotatable bonds is 5. The van der Waals surface area contributed by atoms with Crippen LogP contribution >= 0.6 is 0 Å². The fourth-order valence-corrected chi connectivity index (χ4v) is 7.52. The van der Waals surface area contributed by atoms with Gasteiger partial charge in [0.2, 0.25) is 5.78 Å². The molecule has 5 atom stereocenters. The SMILES string of the molecule is CC(C)(C)C(=O)OCC(=O)[C@@]1(OC(=O)c2ccccc2)CC[C@H]2C3=C([C@@H](O)C[C@@]21C)[C@@]1(C)C=CC(=O)C=C1CC3. The molecule has 1 aromatic rings. The van der Waals surface area contributed by atoms with E-state index in [0.29, 0.717) is 24.8 Å². The molecule has 4 aliphatic rings. The molecule has 0 amide bonds. The molecule has 7 heteroatoms. The van der Waals surface area contributed by atoms with Gasteiger partial charge in [-0.3, -0.25) is 14.4 Å². The molecule has 0 radical (unpaired) electrons. The minimum atomic E-state index is -1.59. The summed E-state index contributed by atoms with van der Waals surface area (Å²) in [5, 5.41) is 11.7. The third-order valence-corrected chi connectivity index (χ3v) is 9.66. The van der Waals surface area contributed by atoms with E-state index in [1.807, 2.05) is 19.9 Å². The Morgan fingerprint density at radius 2 is 1.77 bits per heavy atom. The molecule has 0 heterocycles. The average molecular weight is 547 g/mol. The Labute approximate surface area is 235 Å². The maximum atomic E-state index is 14.1. The second-order valence-corrected chi connectivity index (χ2v) is 13.1. The molecule has 0 bridgehead atoms. The van der Waals surface area contributed by atoms with E-state index < -0.39 is 52.3 Å². The Morgan fingerprint density at radius 1 is 1.07 bits per heavy atom. The highest BCUT2D eigenvalue weighted by Crippen LogP contribution is 2.65. The molecular weight excluding hydrogens is 508 g/mol. The second-order valence-electron chi connectivity index (χ2n) is 13.1. The van der Waals surface area contributed by atoms with Crippen LogP contribution < -0.4 is 0 Å². The summed E-state index contributed by atoms with van der Waals surface area (Å²) in [6.07, 6.45) is 6.61. The van der Waals surface area contributed by atoms with Crippen molar-refractivity contribution in [1.82, 2.24) is 0 Å². The molecule has 4 aliphatic carbocycles. The van der Waals surface area contributed by atoms with E-state index in [9.17, 15) is 24.3 Å². The summed E-state index contributed by atoms with van der Waals surface area (Å²) in [5.41, 5.74) is -0.586. The van der Waals surface area contributed by atoms with Crippen LogP contribution in [0.2, 0.25) is 0 Å². The maximum Gasteiger partial charge on any atom is 0.339 e. The van der Waals surface area contributed by atoms with Crippen LogP contribution in [-0.2, 0) is 23.9 Å². The van der Waals surface area contributed by atoms with Gasteiger partial charge in [-0.1, -0.05) is 42.3 Å². The number of carbonyl (C=O) groups is 4. The quantitative estimate of drug-likeness (QED) is 0.405. The smallest absolute Gasteiger partial charge is 0.339 e. The number of fused-ring (bicyclic) bond motifs is 4. The largest absolute Gasteiger partial charge is 0.457 e. The zero-order valence-corrected chi connectivity index (χ0v) is 23.9. The summed E-state index contributed by atoms with van der Waals surface area (Å²) in [6, 6.07) is 8.53. The van der Waals surface area contributed by atoms with Crippen molar-refractivity contribution in [3.05, 3.63) is 70.8 Å². The van der Waals surface area contributed by atoms with Gasteiger partial charge in [-0.15, -0.1) is 0 Å². The molecule has 0 saturated heterocycles. The fraction of sp³-hybridized carbons (Fsp3) is 0.515. The highest BCUT2D eigenvalue weighted by atomic mass is 16.6. The first kappa shape index (κ1) is 28.2. The number of Topliss-reactive ketones (excluding diaryl/α,β-unsaturated/α-hetero) is 1. The summed E-state index contributed by atoms with van der Waals surface area (Å²) in [7, 11) is 0. The summed E-state index contributed by atoms with van der Waals surface area (Å²) in [5.74, 6) is -1.78. The van der Waals surface area contributed by atoms with E-state index in [1.165, 1.54) is 0 Å². The zero-order valence-electron chi connectivity index (χ0n) is 23.9. The molecule has 1 saturated carbocycles. The number of carbonyl (C=O) groups excluding carboxylic acids is 4. The zero-order chi connectivity index (χ0) is 29.1. The number of aliphatic hydroxyl groups excluding tert-OH is 1. The van der Waals surface area contributed by atoms with E-state index in [2.05, 4.69) is 0 Å². The van der Waals surface area contributed by atoms with Crippen LogP contribution in [0.4, 0.5) is 0 Å². The van der Waals surface area contributed by atoms with Gasteiger partial charge >= 0.3 is 11.9 Å². The Kier molecular flexibility index (Phi) is 6.81. The number of ether oxygens (including phenoxy) is 2. The molecule has 1 N–H and O–H groups in total. The minimum Gasteiger partial charge on any atom is -0.457 e. The van der Waals surface area contributed by atoms with Gasteiger partial charge in [-0.25, -0.2) is 4.79 Å². The van der Waals surface area contributed by atoms with Crippen molar-refractivity contribution >= 4 is 23.5 Å². The molecule has 1 fully saturated rings.